The van der Waals surface area contributed by atoms with Crippen molar-refractivity contribution < 1.29 is 8.83 Å². The molecule has 0 aliphatic carbocycles. The number of amidine groups is 2. The molecule has 1 unspecified atom stereocenters. The Hall–Kier alpha value is -4.09. The van der Waals surface area contributed by atoms with Gasteiger partial charge in [-0.25, -0.2) is 9.98 Å². The molecule has 1 aliphatic rings. The zero-order valence-corrected chi connectivity index (χ0v) is 19.0. The summed E-state index contributed by atoms with van der Waals surface area (Å²) in [6.45, 7) is 0. The topological polar surface area (TPSA) is 54.2 Å². The number of furan rings is 2. The average Bonchev–Trinajstić information content (AvgIpc) is 3.42. The molecule has 34 heavy (non-hydrogen) atoms. The van der Waals surface area contributed by atoms with Gasteiger partial charge in [-0.1, -0.05) is 54.6 Å². The molecule has 4 aromatic carbocycles. The van der Waals surface area contributed by atoms with Gasteiger partial charge in [-0.05, 0) is 41.9 Å². The van der Waals surface area contributed by atoms with Gasteiger partial charge in [-0.3, -0.25) is 0 Å². The molecule has 0 fully saturated rings. The van der Waals surface area contributed by atoms with Crippen LogP contribution in [0.4, 0.5) is 0 Å². The van der Waals surface area contributed by atoms with E-state index in [4.69, 9.17) is 20.4 Å². The second kappa shape index (κ2) is 7.20. The van der Waals surface area contributed by atoms with Crippen molar-refractivity contribution in [3.05, 3.63) is 96.1 Å². The van der Waals surface area contributed by atoms with Gasteiger partial charge in [-0.15, -0.1) is 0 Å². The molecule has 1 atom stereocenters. The Labute approximate surface area is 199 Å². The molecule has 1 aliphatic heterocycles. The second-order valence-electron chi connectivity index (χ2n) is 8.48. The lowest BCUT2D eigenvalue weighted by Crippen LogP contribution is -2.34. The van der Waals surface area contributed by atoms with Crippen molar-refractivity contribution in [1.29, 1.82) is 0 Å². The van der Waals surface area contributed by atoms with Gasteiger partial charge in [0.1, 0.15) is 28.2 Å². The van der Waals surface area contributed by atoms with Gasteiger partial charge in [0, 0.05) is 39.7 Å². The summed E-state index contributed by atoms with van der Waals surface area (Å²) in [5, 5.41) is 4.57. The molecule has 0 N–H and O–H groups in total. The monoisotopic (exact) mass is 463 g/mol. The van der Waals surface area contributed by atoms with Crippen molar-refractivity contribution in [1.82, 2.24) is 4.90 Å². The summed E-state index contributed by atoms with van der Waals surface area (Å²) in [6, 6.07) is 28.4. The lowest BCUT2D eigenvalue weighted by Gasteiger charge is -2.31. The van der Waals surface area contributed by atoms with Crippen LogP contribution in [-0.2, 0) is 0 Å². The molecule has 0 radical (unpaired) electrons. The minimum absolute atomic E-state index is 0.215. The van der Waals surface area contributed by atoms with E-state index in [9.17, 15) is 0 Å². The maximum atomic E-state index is 6.43. The van der Waals surface area contributed by atoms with Gasteiger partial charge in [0.2, 0.25) is 5.29 Å². The third kappa shape index (κ3) is 2.87. The van der Waals surface area contributed by atoms with E-state index >= 15 is 0 Å². The SMILES string of the molecule is CN1C(c2ccc3c(c2)oc2ccccc23)=NC(Cl)=NC1c1ccc2c(c1)oc1ccccc12. The number of benzene rings is 4. The van der Waals surface area contributed by atoms with Crippen LogP contribution in [0.15, 0.2) is 104 Å². The van der Waals surface area contributed by atoms with Gasteiger partial charge >= 0.3 is 0 Å². The minimum atomic E-state index is -0.330. The third-order valence-corrected chi connectivity index (χ3v) is 6.65. The summed E-state index contributed by atoms with van der Waals surface area (Å²) >= 11 is 6.43. The van der Waals surface area contributed by atoms with Crippen molar-refractivity contribution in [2.75, 3.05) is 7.05 Å². The van der Waals surface area contributed by atoms with Crippen LogP contribution in [-0.4, -0.2) is 23.1 Å². The van der Waals surface area contributed by atoms with Crippen molar-refractivity contribution in [3.63, 3.8) is 0 Å². The molecule has 6 aromatic rings. The summed E-state index contributed by atoms with van der Waals surface area (Å²) in [7, 11) is 1.97. The number of halogens is 1. The molecular weight excluding hydrogens is 446 g/mol. The maximum absolute atomic E-state index is 6.43. The van der Waals surface area contributed by atoms with Crippen LogP contribution in [0.1, 0.15) is 17.3 Å². The first-order chi connectivity index (χ1) is 16.7. The van der Waals surface area contributed by atoms with Crippen molar-refractivity contribution >= 4 is 66.6 Å². The van der Waals surface area contributed by atoms with E-state index in [0.29, 0.717) is 0 Å². The number of nitrogens with zero attached hydrogens (tertiary/aromatic N) is 3. The van der Waals surface area contributed by atoms with Gasteiger partial charge in [0.25, 0.3) is 0 Å². The molecule has 5 nitrogen and oxygen atoms in total. The van der Waals surface area contributed by atoms with Crippen molar-refractivity contribution in [2.45, 2.75) is 6.17 Å². The highest BCUT2D eigenvalue weighted by molar-refractivity contribution is 6.66. The molecule has 3 heterocycles. The molecule has 164 valence electrons. The van der Waals surface area contributed by atoms with Gasteiger partial charge < -0.3 is 13.7 Å². The van der Waals surface area contributed by atoms with Gasteiger partial charge in [0.05, 0.1) is 0 Å². The summed E-state index contributed by atoms with van der Waals surface area (Å²) in [5.41, 5.74) is 5.26. The van der Waals surface area contributed by atoms with E-state index in [1.807, 2.05) is 60.5 Å². The van der Waals surface area contributed by atoms with Crippen LogP contribution < -0.4 is 0 Å². The highest BCUT2D eigenvalue weighted by Gasteiger charge is 2.27. The Balaban J connectivity index is 1.31. The van der Waals surface area contributed by atoms with E-state index in [2.05, 4.69) is 46.4 Å². The molecule has 7 rings (SSSR count). The van der Waals surface area contributed by atoms with Crippen LogP contribution in [0, 0.1) is 0 Å². The fourth-order valence-electron chi connectivity index (χ4n) is 4.83. The van der Waals surface area contributed by atoms with Crippen LogP contribution in [0.25, 0.3) is 43.9 Å². The fourth-order valence-corrected chi connectivity index (χ4v) is 5.01. The van der Waals surface area contributed by atoms with Crippen LogP contribution in [0.5, 0.6) is 0 Å². The van der Waals surface area contributed by atoms with Crippen LogP contribution >= 0.6 is 11.6 Å². The zero-order chi connectivity index (χ0) is 22.8. The second-order valence-corrected chi connectivity index (χ2v) is 8.82. The van der Waals surface area contributed by atoms with E-state index in [1.165, 1.54) is 0 Å². The number of hydrogen-bond donors (Lipinski definition) is 0. The Bertz CT molecular complexity index is 1810. The number of para-hydroxylation sites is 2. The summed E-state index contributed by atoms with van der Waals surface area (Å²) < 4.78 is 12.2. The van der Waals surface area contributed by atoms with E-state index in [-0.39, 0.29) is 11.5 Å². The Kier molecular flexibility index (Phi) is 4.11. The van der Waals surface area contributed by atoms with Gasteiger partial charge in [0.15, 0.2) is 6.17 Å². The lowest BCUT2D eigenvalue weighted by molar-refractivity contribution is 0.383. The normalized spacial score (nSPS) is 16.5. The molecule has 0 bridgehead atoms. The summed E-state index contributed by atoms with van der Waals surface area (Å²) in [5.74, 6) is 0.733. The first-order valence-corrected chi connectivity index (χ1v) is 11.4. The number of aliphatic imine (C=N–C) groups is 2. The molecule has 6 heteroatoms. The van der Waals surface area contributed by atoms with Crippen LogP contribution in [0.2, 0.25) is 0 Å². The molecule has 0 spiro atoms. The summed E-state index contributed by atoms with van der Waals surface area (Å²) in [6.07, 6.45) is -0.330. The quantitative estimate of drug-likeness (QED) is 0.250. The molecule has 0 amide bonds. The van der Waals surface area contributed by atoms with Crippen molar-refractivity contribution in [3.8, 4) is 0 Å². The average molecular weight is 464 g/mol. The zero-order valence-electron chi connectivity index (χ0n) is 18.2. The van der Waals surface area contributed by atoms with E-state index < -0.39 is 0 Å². The van der Waals surface area contributed by atoms with Gasteiger partial charge in [-0.2, -0.15) is 0 Å². The first kappa shape index (κ1) is 19.4. The third-order valence-electron chi connectivity index (χ3n) is 6.47. The largest absolute Gasteiger partial charge is 0.456 e. The van der Waals surface area contributed by atoms with E-state index in [1.54, 1.807) is 0 Å². The maximum Gasteiger partial charge on any atom is 0.222 e. The highest BCUT2D eigenvalue weighted by atomic mass is 35.5. The van der Waals surface area contributed by atoms with Crippen LogP contribution in [0.3, 0.4) is 0 Å². The molecular formula is C28H18ClN3O2. The predicted octanol–water partition coefficient (Wildman–Crippen LogP) is 7.47. The number of fused-ring (bicyclic) bond motifs is 6. The predicted molar refractivity (Wildman–Crippen MR) is 138 cm³/mol. The molecule has 0 saturated carbocycles. The van der Waals surface area contributed by atoms with E-state index in [0.717, 1.165) is 60.8 Å². The standard InChI is InChI=1S/C28H18ClN3O2/c1-32-26(16-10-12-20-18-6-2-4-8-22(18)33-24(20)14-16)30-28(29)31-27(32)17-11-13-21-19-7-3-5-9-23(19)34-25(21)15-17/h2-15,26H,1H3. The highest BCUT2D eigenvalue weighted by Crippen LogP contribution is 2.35. The number of rotatable bonds is 2. The number of hydrogen-bond acceptors (Lipinski definition) is 5. The fraction of sp³-hybridized carbons (Fsp3) is 0.0714. The summed E-state index contributed by atoms with van der Waals surface area (Å²) in [4.78, 5) is 11.2. The Morgan fingerprint density at radius 3 is 2.00 bits per heavy atom. The lowest BCUT2D eigenvalue weighted by atomic mass is 10.1. The van der Waals surface area contributed by atoms with Crippen molar-refractivity contribution in [2.24, 2.45) is 9.98 Å². The molecule has 2 aromatic heterocycles. The first-order valence-electron chi connectivity index (χ1n) is 11.0. The Morgan fingerprint density at radius 2 is 1.29 bits per heavy atom. The molecule has 0 saturated heterocycles. The minimum Gasteiger partial charge on any atom is -0.456 e. The smallest absolute Gasteiger partial charge is 0.222 e. The Morgan fingerprint density at radius 1 is 0.706 bits per heavy atom.